The number of aromatic nitrogens is 2. The third-order valence-electron chi connectivity index (χ3n) is 10.8. The molecule has 0 N–H and O–H groups in total. The lowest BCUT2D eigenvalue weighted by molar-refractivity contribution is 0.617. The molecular formula is C49H29N3O2S. The summed E-state index contributed by atoms with van der Waals surface area (Å²) in [6.45, 7) is 0. The molecular weight excluding hydrogens is 695 g/mol. The highest BCUT2D eigenvalue weighted by atomic mass is 32.1. The summed E-state index contributed by atoms with van der Waals surface area (Å²) >= 11 is 1.83. The van der Waals surface area contributed by atoms with Gasteiger partial charge in [0.05, 0.1) is 27.8 Å². The summed E-state index contributed by atoms with van der Waals surface area (Å²) in [4.78, 5) is 7.37. The zero-order valence-corrected chi connectivity index (χ0v) is 30.1. The number of anilines is 3. The van der Waals surface area contributed by atoms with E-state index in [1.54, 1.807) is 0 Å². The van der Waals surface area contributed by atoms with Crippen LogP contribution < -0.4 is 4.90 Å². The molecule has 4 aromatic heterocycles. The van der Waals surface area contributed by atoms with Gasteiger partial charge in [-0.2, -0.15) is 0 Å². The third kappa shape index (κ3) is 4.55. The van der Waals surface area contributed by atoms with Crippen molar-refractivity contribution in [2.75, 3.05) is 4.90 Å². The maximum absolute atomic E-state index is 6.65. The first kappa shape index (κ1) is 30.3. The summed E-state index contributed by atoms with van der Waals surface area (Å²) in [6.07, 6.45) is 0. The van der Waals surface area contributed by atoms with Crippen molar-refractivity contribution in [3.05, 3.63) is 176 Å². The van der Waals surface area contributed by atoms with Crippen molar-refractivity contribution in [3.63, 3.8) is 0 Å². The minimum absolute atomic E-state index is 0.590. The van der Waals surface area contributed by atoms with Gasteiger partial charge in [-0.1, -0.05) is 91.0 Å². The van der Waals surface area contributed by atoms with Crippen LogP contribution in [-0.2, 0) is 0 Å². The molecule has 0 aliphatic carbocycles. The largest absolute Gasteiger partial charge is 0.456 e. The monoisotopic (exact) mass is 723 g/mol. The van der Waals surface area contributed by atoms with E-state index in [2.05, 4.69) is 149 Å². The van der Waals surface area contributed by atoms with Crippen LogP contribution in [0.1, 0.15) is 0 Å². The Labute approximate surface area is 318 Å². The average molecular weight is 724 g/mol. The molecule has 8 aromatic carbocycles. The molecule has 0 saturated heterocycles. The van der Waals surface area contributed by atoms with E-state index in [1.807, 2.05) is 47.7 Å². The Morgan fingerprint density at radius 1 is 0.473 bits per heavy atom. The second kappa shape index (κ2) is 11.7. The van der Waals surface area contributed by atoms with E-state index >= 15 is 0 Å². The molecule has 0 spiro atoms. The lowest BCUT2D eigenvalue weighted by Crippen LogP contribution is -2.10. The SMILES string of the molecule is c1ccc(-c2nc3cc4c(cc3o2)oc2cccc(N(c3ccc5c(c3)sc3ccccc35)c3cccc5c3c3ccccc3n5-c3ccccc3)c24)cc1. The van der Waals surface area contributed by atoms with Crippen LogP contribution in [0.15, 0.2) is 185 Å². The maximum Gasteiger partial charge on any atom is 0.227 e. The summed E-state index contributed by atoms with van der Waals surface area (Å²) in [5, 5.41) is 6.91. The number of fused-ring (bicyclic) bond motifs is 10. The minimum atomic E-state index is 0.590. The highest BCUT2D eigenvalue weighted by Gasteiger charge is 2.25. The fourth-order valence-corrected chi connectivity index (χ4v) is 9.56. The van der Waals surface area contributed by atoms with Crippen LogP contribution in [0.25, 0.3) is 92.2 Å². The fourth-order valence-electron chi connectivity index (χ4n) is 8.42. The summed E-state index contributed by atoms with van der Waals surface area (Å²) in [5.41, 5.74) is 10.6. The Balaban J connectivity index is 1.17. The lowest BCUT2D eigenvalue weighted by Gasteiger charge is -2.27. The number of rotatable bonds is 5. The number of benzene rings is 8. The molecule has 0 aliphatic rings. The number of nitrogens with zero attached hydrogens (tertiary/aromatic N) is 3. The topological polar surface area (TPSA) is 47.3 Å². The smallest absolute Gasteiger partial charge is 0.227 e. The Morgan fingerprint density at radius 3 is 2.05 bits per heavy atom. The molecule has 0 aliphatic heterocycles. The number of furan rings is 1. The van der Waals surface area contributed by atoms with Crippen LogP contribution in [0.4, 0.5) is 17.1 Å². The fraction of sp³-hybridized carbons (Fsp3) is 0. The first-order valence-corrected chi connectivity index (χ1v) is 19.2. The number of para-hydroxylation sites is 2. The molecule has 6 heteroatoms. The summed E-state index contributed by atoms with van der Waals surface area (Å²) in [6, 6.07) is 62.1. The van der Waals surface area contributed by atoms with Crippen LogP contribution >= 0.6 is 11.3 Å². The Hall–Kier alpha value is -7.15. The molecule has 0 saturated carbocycles. The van der Waals surface area contributed by atoms with Crippen LogP contribution in [0.5, 0.6) is 0 Å². The first-order valence-electron chi connectivity index (χ1n) is 18.4. The van der Waals surface area contributed by atoms with Gasteiger partial charge in [0.2, 0.25) is 5.89 Å². The minimum Gasteiger partial charge on any atom is -0.456 e. The molecule has 0 fully saturated rings. The third-order valence-corrected chi connectivity index (χ3v) is 11.9. The lowest BCUT2D eigenvalue weighted by atomic mass is 10.0. The number of hydrogen-bond acceptors (Lipinski definition) is 5. The van der Waals surface area contributed by atoms with Crippen molar-refractivity contribution in [1.29, 1.82) is 0 Å². The molecule has 0 atom stereocenters. The van der Waals surface area contributed by atoms with E-state index in [0.717, 1.165) is 66.8 Å². The van der Waals surface area contributed by atoms with Crippen LogP contribution in [-0.4, -0.2) is 9.55 Å². The highest BCUT2D eigenvalue weighted by molar-refractivity contribution is 7.25. The highest BCUT2D eigenvalue weighted by Crippen LogP contribution is 2.49. The van der Waals surface area contributed by atoms with E-state index < -0.39 is 0 Å². The van der Waals surface area contributed by atoms with Crippen LogP contribution in [0, 0.1) is 0 Å². The second-order valence-electron chi connectivity index (χ2n) is 13.9. The van der Waals surface area contributed by atoms with Gasteiger partial charge in [0.1, 0.15) is 16.7 Å². The van der Waals surface area contributed by atoms with Gasteiger partial charge in [-0.05, 0) is 78.9 Å². The number of thiophene rings is 1. The summed E-state index contributed by atoms with van der Waals surface area (Å²) in [7, 11) is 0. The Morgan fingerprint density at radius 2 is 1.18 bits per heavy atom. The van der Waals surface area contributed by atoms with Gasteiger partial charge in [-0.25, -0.2) is 4.98 Å². The van der Waals surface area contributed by atoms with Gasteiger partial charge in [-0.3, -0.25) is 0 Å². The zero-order valence-electron chi connectivity index (χ0n) is 29.3. The first-order chi connectivity index (χ1) is 27.3. The van der Waals surface area contributed by atoms with Gasteiger partial charge >= 0.3 is 0 Å². The number of hydrogen-bond donors (Lipinski definition) is 0. The van der Waals surface area contributed by atoms with Gasteiger partial charge in [-0.15, -0.1) is 11.3 Å². The van der Waals surface area contributed by atoms with Gasteiger partial charge < -0.3 is 18.3 Å². The molecule has 0 unspecified atom stereocenters. The van der Waals surface area contributed by atoms with Crippen molar-refractivity contribution < 1.29 is 8.83 Å². The van der Waals surface area contributed by atoms with E-state index in [9.17, 15) is 0 Å². The Kier molecular flexibility index (Phi) is 6.44. The van der Waals surface area contributed by atoms with E-state index in [4.69, 9.17) is 13.8 Å². The van der Waals surface area contributed by atoms with Crippen molar-refractivity contribution in [2.45, 2.75) is 0 Å². The van der Waals surface area contributed by atoms with Gasteiger partial charge in [0, 0.05) is 59.3 Å². The van der Waals surface area contributed by atoms with E-state index in [-0.39, 0.29) is 0 Å². The molecule has 258 valence electrons. The zero-order chi connectivity index (χ0) is 36.0. The predicted octanol–water partition coefficient (Wildman–Crippen LogP) is 14.3. The molecule has 55 heavy (non-hydrogen) atoms. The molecule has 0 bridgehead atoms. The molecule has 12 rings (SSSR count). The standard InChI is InChI=1S/C49H29N3O2S/c1-3-13-30(14-4-1)49-50-37-28-36-43(29-44(37)54-49)53-42-23-12-22-41(48(36)42)52(32-25-26-34-33-17-8-10-24-45(33)55-46(34)27-32)40-21-11-20-39-47(40)35-18-7-9-19-38(35)51(39)31-15-5-2-6-16-31/h1-29H. The van der Waals surface area contributed by atoms with E-state index in [0.29, 0.717) is 11.5 Å². The van der Waals surface area contributed by atoms with Gasteiger partial charge in [0.15, 0.2) is 5.58 Å². The molecule has 5 nitrogen and oxygen atoms in total. The van der Waals surface area contributed by atoms with Crippen molar-refractivity contribution >= 4 is 103 Å². The second-order valence-corrected chi connectivity index (χ2v) is 15.0. The van der Waals surface area contributed by atoms with E-state index in [1.165, 1.54) is 30.9 Å². The van der Waals surface area contributed by atoms with Gasteiger partial charge in [0.25, 0.3) is 0 Å². The molecule has 0 amide bonds. The summed E-state index contributed by atoms with van der Waals surface area (Å²) < 4.78 is 17.8. The maximum atomic E-state index is 6.65. The Bertz CT molecular complexity index is 3450. The molecule has 4 heterocycles. The van der Waals surface area contributed by atoms with Crippen LogP contribution in [0.3, 0.4) is 0 Å². The van der Waals surface area contributed by atoms with Crippen molar-refractivity contribution in [3.8, 4) is 17.1 Å². The summed E-state index contributed by atoms with van der Waals surface area (Å²) in [5.74, 6) is 0.590. The van der Waals surface area contributed by atoms with Crippen molar-refractivity contribution in [1.82, 2.24) is 9.55 Å². The molecule has 0 radical (unpaired) electrons. The quantitative estimate of drug-likeness (QED) is 0.177. The molecule has 12 aromatic rings. The average Bonchev–Trinajstić information content (AvgIpc) is 4.01. The predicted molar refractivity (Wildman–Crippen MR) is 229 cm³/mol. The van der Waals surface area contributed by atoms with Crippen molar-refractivity contribution in [2.24, 2.45) is 0 Å². The normalized spacial score (nSPS) is 12.0. The number of oxazole rings is 1. The van der Waals surface area contributed by atoms with Crippen LogP contribution in [0.2, 0.25) is 0 Å².